The van der Waals surface area contributed by atoms with E-state index in [1.165, 1.54) is 30.4 Å². The van der Waals surface area contributed by atoms with Crippen LogP contribution in [0.3, 0.4) is 0 Å². The molecule has 2 aromatic rings. The fourth-order valence-corrected chi connectivity index (χ4v) is 4.20. The summed E-state index contributed by atoms with van der Waals surface area (Å²) in [6.07, 6.45) is 7.70. The summed E-state index contributed by atoms with van der Waals surface area (Å²) in [4.78, 5) is 25.0. The van der Waals surface area contributed by atoms with Gasteiger partial charge in [0.2, 0.25) is 11.6 Å². The van der Waals surface area contributed by atoms with Gasteiger partial charge in [-0.3, -0.25) is 9.51 Å². The maximum Gasteiger partial charge on any atom is 0.439 e. The maximum atomic E-state index is 11.4. The van der Waals surface area contributed by atoms with E-state index < -0.39 is 5.76 Å². The minimum Gasteiger partial charge on any atom is -0.382 e. The van der Waals surface area contributed by atoms with E-state index in [0.717, 1.165) is 0 Å². The number of aromatic amines is 1. The van der Waals surface area contributed by atoms with Crippen LogP contribution in [-0.4, -0.2) is 52.5 Å². The highest BCUT2D eigenvalue weighted by atomic mass is 16.5. The third-order valence-electron chi connectivity index (χ3n) is 6.40. The normalized spacial score (nSPS) is 20.1. The molecule has 172 valence electrons. The number of aromatic nitrogens is 4. The summed E-state index contributed by atoms with van der Waals surface area (Å²) in [6.45, 7) is 7.46. The van der Waals surface area contributed by atoms with Crippen LogP contribution in [0.1, 0.15) is 40.0 Å². The molecular weight excluding hydrogens is 410 g/mol. The Bertz CT molecular complexity index is 1080. The van der Waals surface area contributed by atoms with Gasteiger partial charge in [-0.15, -0.1) is 0 Å². The smallest absolute Gasteiger partial charge is 0.382 e. The van der Waals surface area contributed by atoms with Gasteiger partial charge in [0.1, 0.15) is 5.69 Å². The first-order valence-electron chi connectivity index (χ1n) is 11.0. The van der Waals surface area contributed by atoms with Crippen LogP contribution in [0, 0.1) is 5.92 Å². The summed E-state index contributed by atoms with van der Waals surface area (Å²) in [7, 11) is 1.95. The SMILES string of the molecule is C/C=C\C1=C(C)C(CN(C)c2c(N)nc(-c3noc(=O)[nH]3)nc2N[C@H](C)C2CCC2)OC1. The molecule has 10 heteroatoms. The molecule has 1 aliphatic carbocycles. The maximum absolute atomic E-state index is 11.4. The van der Waals surface area contributed by atoms with E-state index in [0.29, 0.717) is 30.6 Å². The number of ether oxygens (including phenoxy) is 1. The molecule has 0 aromatic carbocycles. The second-order valence-electron chi connectivity index (χ2n) is 8.59. The molecule has 1 unspecified atom stereocenters. The number of hydrogen-bond donors (Lipinski definition) is 3. The van der Waals surface area contributed by atoms with Crippen LogP contribution in [0.2, 0.25) is 0 Å². The van der Waals surface area contributed by atoms with Crippen molar-refractivity contribution in [2.24, 2.45) is 5.92 Å². The van der Waals surface area contributed by atoms with E-state index in [4.69, 9.17) is 10.5 Å². The van der Waals surface area contributed by atoms with Gasteiger partial charge < -0.3 is 20.7 Å². The molecular formula is C22H31N7O3. The number of nitrogens with one attached hydrogen (secondary N) is 2. The molecule has 0 spiro atoms. The molecule has 0 radical (unpaired) electrons. The third-order valence-corrected chi connectivity index (χ3v) is 6.40. The Morgan fingerprint density at radius 2 is 2.16 bits per heavy atom. The minimum absolute atomic E-state index is 0.0472. The van der Waals surface area contributed by atoms with Crippen LogP contribution < -0.4 is 21.7 Å². The molecule has 2 aromatic heterocycles. The predicted molar refractivity (Wildman–Crippen MR) is 124 cm³/mol. The van der Waals surface area contributed by atoms with Crippen LogP contribution in [0.4, 0.5) is 17.3 Å². The number of allylic oxidation sites excluding steroid dienone is 1. The highest BCUT2D eigenvalue weighted by Crippen LogP contribution is 2.36. The molecule has 3 heterocycles. The Morgan fingerprint density at radius 3 is 2.78 bits per heavy atom. The van der Waals surface area contributed by atoms with Crippen molar-refractivity contribution >= 4 is 17.3 Å². The van der Waals surface area contributed by atoms with Crippen molar-refractivity contribution in [2.75, 3.05) is 36.1 Å². The number of nitrogen functional groups attached to an aromatic ring is 1. The summed E-state index contributed by atoms with van der Waals surface area (Å²) >= 11 is 0. The lowest BCUT2D eigenvalue weighted by molar-refractivity contribution is 0.125. The number of H-pyrrole nitrogens is 1. The standard InChI is InChI=1S/C22H31N7O3/c1-5-7-15-11-31-16(12(15)2)10-29(4)17-18(23)25-20(21-27-22(30)32-28-21)26-19(17)24-13(3)14-8-6-9-14/h5,7,13-14,16H,6,8-11H2,1-4H3,(H,27,28,30)(H3,23,24,25,26)/b7-5-/t13-,16?/m1/s1. The molecule has 4 rings (SSSR count). The zero-order chi connectivity index (χ0) is 22.8. The van der Waals surface area contributed by atoms with Gasteiger partial charge >= 0.3 is 5.76 Å². The lowest BCUT2D eigenvalue weighted by Crippen LogP contribution is -2.34. The topological polar surface area (TPSA) is 135 Å². The van der Waals surface area contributed by atoms with Gasteiger partial charge in [-0.1, -0.05) is 23.7 Å². The lowest BCUT2D eigenvalue weighted by Gasteiger charge is -2.34. The fourth-order valence-electron chi connectivity index (χ4n) is 4.20. The first-order valence-corrected chi connectivity index (χ1v) is 11.0. The summed E-state index contributed by atoms with van der Waals surface area (Å²) in [5.41, 5.74) is 9.52. The number of nitrogens with zero attached hydrogens (tertiary/aromatic N) is 4. The zero-order valence-corrected chi connectivity index (χ0v) is 19.0. The van der Waals surface area contributed by atoms with Gasteiger partial charge in [0.25, 0.3) is 0 Å². The Hall–Kier alpha value is -3.14. The molecule has 0 amide bonds. The van der Waals surface area contributed by atoms with Gasteiger partial charge in [-0.05, 0) is 50.7 Å². The van der Waals surface area contributed by atoms with Crippen LogP contribution in [0.15, 0.2) is 32.6 Å². The van der Waals surface area contributed by atoms with Gasteiger partial charge in [0.15, 0.2) is 11.6 Å². The number of anilines is 3. The lowest BCUT2D eigenvalue weighted by atomic mass is 9.80. The summed E-state index contributed by atoms with van der Waals surface area (Å²) in [5.74, 6) is 1.16. The Kier molecular flexibility index (Phi) is 6.31. The van der Waals surface area contributed by atoms with E-state index in [-0.39, 0.29) is 29.6 Å². The molecule has 32 heavy (non-hydrogen) atoms. The summed E-state index contributed by atoms with van der Waals surface area (Å²) in [5, 5.41) is 7.23. The van der Waals surface area contributed by atoms with Crippen LogP contribution >= 0.6 is 0 Å². The van der Waals surface area contributed by atoms with Crippen molar-refractivity contribution in [2.45, 2.75) is 52.2 Å². The summed E-state index contributed by atoms with van der Waals surface area (Å²) in [6, 6.07) is 0.222. The van der Waals surface area contributed by atoms with Crippen LogP contribution in [0.25, 0.3) is 11.6 Å². The molecule has 1 aliphatic heterocycles. The number of hydrogen-bond acceptors (Lipinski definition) is 9. The Labute approximate surface area is 186 Å². The van der Waals surface area contributed by atoms with E-state index in [9.17, 15) is 4.79 Å². The fraction of sp³-hybridized carbons (Fsp3) is 0.545. The quantitative estimate of drug-likeness (QED) is 0.565. The third kappa shape index (κ3) is 4.40. The van der Waals surface area contributed by atoms with Crippen molar-refractivity contribution in [3.8, 4) is 11.6 Å². The van der Waals surface area contributed by atoms with Crippen molar-refractivity contribution in [1.82, 2.24) is 20.1 Å². The number of rotatable bonds is 8. The molecule has 1 saturated carbocycles. The van der Waals surface area contributed by atoms with E-state index in [1.807, 2.05) is 24.9 Å². The molecule has 1 fully saturated rings. The minimum atomic E-state index is -0.668. The van der Waals surface area contributed by atoms with Gasteiger partial charge in [0.05, 0.1) is 12.7 Å². The van der Waals surface area contributed by atoms with Crippen molar-refractivity contribution < 1.29 is 9.26 Å². The van der Waals surface area contributed by atoms with Gasteiger partial charge in [-0.2, -0.15) is 0 Å². The zero-order valence-electron chi connectivity index (χ0n) is 19.0. The Balaban J connectivity index is 1.65. The summed E-state index contributed by atoms with van der Waals surface area (Å²) < 4.78 is 10.6. The molecule has 2 aliphatic rings. The van der Waals surface area contributed by atoms with E-state index >= 15 is 0 Å². The molecule has 0 bridgehead atoms. The second kappa shape index (κ2) is 9.15. The van der Waals surface area contributed by atoms with Crippen molar-refractivity contribution in [3.05, 3.63) is 33.8 Å². The highest BCUT2D eigenvalue weighted by Gasteiger charge is 2.29. The largest absolute Gasteiger partial charge is 0.439 e. The molecule has 0 saturated heterocycles. The van der Waals surface area contributed by atoms with Gasteiger partial charge in [0, 0.05) is 19.6 Å². The van der Waals surface area contributed by atoms with Gasteiger partial charge in [-0.25, -0.2) is 14.8 Å². The Morgan fingerprint density at radius 1 is 1.38 bits per heavy atom. The molecule has 10 nitrogen and oxygen atoms in total. The first kappa shape index (κ1) is 22.1. The number of likely N-dealkylation sites (N-methyl/N-ethyl adjacent to an activating group) is 1. The molecule has 2 atom stereocenters. The second-order valence-corrected chi connectivity index (χ2v) is 8.59. The average molecular weight is 442 g/mol. The van der Waals surface area contributed by atoms with Crippen molar-refractivity contribution in [3.63, 3.8) is 0 Å². The average Bonchev–Trinajstić information content (AvgIpc) is 3.27. The van der Waals surface area contributed by atoms with Crippen LogP contribution in [0.5, 0.6) is 0 Å². The first-order chi connectivity index (χ1) is 15.4. The predicted octanol–water partition coefficient (Wildman–Crippen LogP) is 2.73. The monoisotopic (exact) mass is 441 g/mol. The van der Waals surface area contributed by atoms with Crippen LogP contribution in [-0.2, 0) is 4.74 Å². The number of nitrogens with two attached hydrogens (primary N) is 1. The van der Waals surface area contributed by atoms with E-state index in [1.54, 1.807) is 0 Å². The van der Waals surface area contributed by atoms with E-state index in [2.05, 4.69) is 49.9 Å². The van der Waals surface area contributed by atoms with Crippen molar-refractivity contribution in [1.29, 1.82) is 0 Å². The molecule has 4 N–H and O–H groups in total. The highest BCUT2D eigenvalue weighted by molar-refractivity contribution is 5.79.